The van der Waals surface area contributed by atoms with E-state index in [0.29, 0.717) is 23.8 Å². The Kier molecular flexibility index (Phi) is 5.85. The molecule has 2 aliphatic carbocycles. The highest BCUT2D eigenvalue weighted by Crippen LogP contribution is 2.34. The molecule has 0 bridgehead atoms. The number of fused-ring (bicyclic) bond motifs is 3. The molecule has 0 radical (unpaired) electrons. The number of nitrogens with one attached hydrogen (secondary N) is 2. The first-order valence-corrected chi connectivity index (χ1v) is 11.7. The average Bonchev–Trinajstić information content (AvgIpc) is 3.21. The molecule has 2 aromatic heterocycles. The third kappa shape index (κ3) is 4.38. The van der Waals surface area contributed by atoms with Crippen LogP contribution in [0.4, 0.5) is 0 Å². The largest absolute Gasteiger partial charge is 0.393 e. The number of thiophene rings is 1. The molecule has 2 aliphatic rings. The number of hydrogen-bond donors (Lipinski definition) is 3. The first-order valence-electron chi connectivity index (χ1n) is 9.69. The van der Waals surface area contributed by atoms with Gasteiger partial charge in [-0.15, -0.1) is 11.3 Å². The Hall–Kier alpha value is -1.38. The summed E-state index contributed by atoms with van der Waals surface area (Å²) < 4.78 is 0. The molecule has 6 nitrogen and oxygen atoms in total. The van der Waals surface area contributed by atoms with Crippen molar-refractivity contribution < 1.29 is 9.90 Å². The SMILES string of the molecule is O=C(CCSCc1nc2sc3c(c2c(=O)[nH]1)CCC3)NC1CCC(O)CC1. The number of thioether (sulfide) groups is 1. The number of rotatable bonds is 6. The van der Waals surface area contributed by atoms with Crippen molar-refractivity contribution >= 4 is 39.2 Å². The fraction of sp³-hybridized carbons (Fsp3) is 0.632. The van der Waals surface area contributed by atoms with Gasteiger partial charge in [-0.05, 0) is 50.5 Å². The molecule has 1 saturated carbocycles. The molecule has 0 aliphatic heterocycles. The molecule has 1 fully saturated rings. The number of aliphatic hydroxyl groups excluding tert-OH is 1. The van der Waals surface area contributed by atoms with Crippen molar-refractivity contribution in [2.24, 2.45) is 0 Å². The molecule has 8 heteroatoms. The maximum absolute atomic E-state index is 12.4. The second-order valence-corrected chi connectivity index (χ2v) is 9.61. The minimum Gasteiger partial charge on any atom is -0.393 e. The number of aryl methyl sites for hydroxylation is 2. The molecule has 1 amide bonds. The molecule has 0 unspecified atom stereocenters. The summed E-state index contributed by atoms with van der Waals surface area (Å²) >= 11 is 3.27. The molecule has 27 heavy (non-hydrogen) atoms. The van der Waals surface area contributed by atoms with Crippen LogP contribution in [0.5, 0.6) is 0 Å². The average molecular weight is 408 g/mol. The van der Waals surface area contributed by atoms with Crippen LogP contribution in [0.25, 0.3) is 10.2 Å². The lowest BCUT2D eigenvalue weighted by Crippen LogP contribution is -2.38. The fourth-order valence-electron chi connectivity index (χ4n) is 3.97. The number of aliphatic hydroxyl groups is 1. The monoisotopic (exact) mass is 407 g/mol. The van der Waals surface area contributed by atoms with Crippen LogP contribution in [0.2, 0.25) is 0 Å². The number of aromatic nitrogens is 2. The van der Waals surface area contributed by atoms with E-state index in [1.807, 2.05) is 0 Å². The molecule has 4 rings (SSSR count). The van der Waals surface area contributed by atoms with Crippen LogP contribution < -0.4 is 10.9 Å². The van der Waals surface area contributed by atoms with Gasteiger partial charge in [-0.25, -0.2) is 4.98 Å². The smallest absolute Gasteiger partial charge is 0.259 e. The van der Waals surface area contributed by atoms with Crippen molar-refractivity contribution in [1.82, 2.24) is 15.3 Å². The lowest BCUT2D eigenvalue weighted by molar-refractivity contribution is -0.121. The van der Waals surface area contributed by atoms with Gasteiger partial charge < -0.3 is 15.4 Å². The van der Waals surface area contributed by atoms with E-state index in [-0.39, 0.29) is 23.6 Å². The van der Waals surface area contributed by atoms with Gasteiger partial charge in [-0.1, -0.05) is 0 Å². The zero-order chi connectivity index (χ0) is 18.8. The summed E-state index contributed by atoms with van der Waals surface area (Å²) in [6, 6.07) is 0.201. The first-order chi connectivity index (χ1) is 13.1. The molecule has 2 heterocycles. The van der Waals surface area contributed by atoms with Crippen molar-refractivity contribution in [3.63, 3.8) is 0 Å². The van der Waals surface area contributed by atoms with E-state index in [2.05, 4.69) is 15.3 Å². The van der Waals surface area contributed by atoms with Crippen LogP contribution in [0.3, 0.4) is 0 Å². The maximum atomic E-state index is 12.4. The van der Waals surface area contributed by atoms with Gasteiger partial charge in [0.05, 0.1) is 17.2 Å². The molecule has 0 saturated heterocycles. The second kappa shape index (κ2) is 8.32. The number of nitrogens with zero attached hydrogens (tertiary/aromatic N) is 1. The molecule has 0 aromatic carbocycles. The Morgan fingerprint density at radius 1 is 1.30 bits per heavy atom. The van der Waals surface area contributed by atoms with Gasteiger partial charge in [0.15, 0.2) is 0 Å². The minimum absolute atomic E-state index is 0.0211. The summed E-state index contributed by atoms with van der Waals surface area (Å²) in [5.74, 6) is 2.06. The van der Waals surface area contributed by atoms with E-state index in [4.69, 9.17) is 0 Å². The van der Waals surface area contributed by atoms with E-state index >= 15 is 0 Å². The van der Waals surface area contributed by atoms with Crippen LogP contribution >= 0.6 is 23.1 Å². The van der Waals surface area contributed by atoms with Gasteiger partial charge in [0, 0.05) is 23.1 Å². The van der Waals surface area contributed by atoms with Crippen molar-refractivity contribution in [3.8, 4) is 0 Å². The zero-order valence-corrected chi connectivity index (χ0v) is 16.9. The predicted octanol–water partition coefficient (Wildman–Crippen LogP) is 2.52. The highest BCUT2D eigenvalue weighted by atomic mass is 32.2. The van der Waals surface area contributed by atoms with Crippen molar-refractivity contribution in [2.75, 3.05) is 5.75 Å². The van der Waals surface area contributed by atoms with Crippen LogP contribution in [-0.4, -0.2) is 38.9 Å². The predicted molar refractivity (Wildman–Crippen MR) is 109 cm³/mol. The summed E-state index contributed by atoms with van der Waals surface area (Å²) in [5.41, 5.74) is 1.18. The zero-order valence-electron chi connectivity index (χ0n) is 15.3. The Labute approximate surface area is 166 Å². The van der Waals surface area contributed by atoms with E-state index in [0.717, 1.165) is 55.2 Å². The Morgan fingerprint density at radius 3 is 2.93 bits per heavy atom. The fourth-order valence-corrected chi connectivity index (χ4v) is 6.05. The van der Waals surface area contributed by atoms with E-state index in [9.17, 15) is 14.7 Å². The highest BCUT2D eigenvalue weighted by Gasteiger charge is 2.22. The number of H-pyrrole nitrogens is 1. The number of aromatic amines is 1. The van der Waals surface area contributed by atoms with Gasteiger partial charge in [0.25, 0.3) is 5.56 Å². The Morgan fingerprint density at radius 2 is 2.11 bits per heavy atom. The number of amides is 1. The van der Waals surface area contributed by atoms with Gasteiger partial charge in [-0.3, -0.25) is 9.59 Å². The number of hydrogen-bond acceptors (Lipinski definition) is 6. The number of carbonyl (C=O) groups is 1. The van der Waals surface area contributed by atoms with Crippen molar-refractivity contribution in [1.29, 1.82) is 0 Å². The topological polar surface area (TPSA) is 95.1 Å². The van der Waals surface area contributed by atoms with Gasteiger partial charge in [0.2, 0.25) is 5.91 Å². The van der Waals surface area contributed by atoms with Crippen LogP contribution in [0.1, 0.15) is 54.8 Å². The van der Waals surface area contributed by atoms with Crippen LogP contribution in [0.15, 0.2) is 4.79 Å². The summed E-state index contributed by atoms with van der Waals surface area (Å²) in [6.07, 6.45) is 6.71. The number of carbonyl (C=O) groups excluding carboxylic acids is 1. The minimum atomic E-state index is -0.204. The van der Waals surface area contributed by atoms with Crippen molar-refractivity contribution in [2.45, 2.75) is 69.3 Å². The second-order valence-electron chi connectivity index (χ2n) is 7.43. The third-order valence-electron chi connectivity index (χ3n) is 5.40. The van der Waals surface area contributed by atoms with Gasteiger partial charge in [-0.2, -0.15) is 11.8 Å². The van der Waals surface area contributed by atoms with Crippen LogP contribution in [-0.2, 0) is 23.4 Å². The lowest BCUT2D eigenvalue weighted by Gasteiger charge is -2.26. The molecule has 146 valence electrons. The van der Waals surface area contributed by atoms with Gasteiger partial charge >= 0.3 is 0 Å². The standard InChI is InChI=1S/C19H25N3O3S2/c23-12-6-4-11(5-7-12)20-16(24)8-9-26-10-15-21-18(25)17-13-2-1-3-14(13)27-19(17)22-15/h11-12,23H,1-10H2,(H,20,24)(H,21,22,25). The maximum Gasteiger partial charge on any atom is 0.259 e. The molecular formula is C19H25N3O3S2. The van der Waals surface area contributed by atoms with E-state index in [1.54, 1.807) is 23.1 Å². The van der Waals surface area contributed by atoms with Crippen LogP contribution in [0, 0.1) is 0 Å². The molecule has 0 spiro atoms. The molecule has 0 atom stereocenters. The summed E-state index contributed by atoms with van der Waals surface area (Å²) in [6.45, 7) is 0. The van der Waals surface area contributed by atoms with E-state index < -0.39 is 0 Å². The lowest BCUT2D eigenvalue weighted by atomic mass is 9.93. The Balaban J connectivity index is 1.26. The summed E-state index contributed by atoms with van der Waals surface area (Å²) in [5, 5.41) is 13.4. The summed E-state index contributed by atoms with van der Waals surface area (Å²) in [4.78, 5) is 34.2. The van der Waals surface area contributed by atoms with Crippen molar-refractivity contribution in [3.05, 3.63) is 26.6 Å². The normalized spacial score (nSPS) is 22.1. The Bertz CT molecular complexity index is 884. The summed E-state index contributed by atoms with van der Waals surface area (Å²) in [7, 11) is 0. The first kappa shape index (κ1) is 19.0. The third-order valence-corrected chi connectivity index (χ3v) is 7.55. The van der Waals surface area contributed by atoms with E-state index in [1.165, 1.54) is 10.4 Å². The van der Waals surface area contributed by atoms with Gasteiger partial charge in [0.1, 0.15) is 10.7 Å². The molecule has 2 aromatic rings. The highest BCUT2D eigenvalue weighted by molar-refractivity contribution is 7.98. The molecular weight excluding hydrogens is 382 g/mol. The quantitative estimate of drug-likeness (QED) is 0.640. The molecule has 3 N–H and O–H groups in total.